The van der Waals surface area contributed by atoms with Crippen molar-refractivity contribution in [3.05, 3.63) is 153 Å². The van der Waals surface area contributed by atoms with E-state index in [1.165, 1.54) is 17.8 Å². The van der Waals surface area contributed by atoms with Crippen molar-refractivity contribution >= 4 is 17.6 Å². The fraction of sp³-hybridized carbons (Fsp3) is 0.184. The predicted molar refractivity (Wildman–Crippen MR) is 175 cm³/mol. The first kappa shape index (κ1) is 31.0. The van der Waals surface area contributed by atoms with Gasteiger partial charge in [0.25, 0.3) is 0 Å². The summed E-state index contributed by atoms with van der Waals surface area (Å²) >= 11 is 6.91. The van der Waals surface area contributed by atoms with Gasteiger partial charge in [-0.2, -0.15) is 5.26 Å². The summed E-state index contributed by atoms with van der Waals surface area (Å²) < 4.78 is 21.0. The van der Waals surface area contributed by atoms with E-state index in [2.05, 4.69) is 22.4 Å². The van der Waals surface area contributed by atoms with Crippen LogP contribution < -0.4 is 10.1 Å². The van der Waals surface area contributed by atoms with Gasteiger partial charge in [0.05, 0.1) is 5.56 Å². The summed E-state index contributed by atoms with van der Waals surface area (Å²) in [4.78, 5) is 16.3. The highest BCUT2D eigenvalue weighted by molar-refractivity contribution is 6.31. The van der Waals surface area contributed by atoms with Crippen LogP contribution >= 0.6 is 11.6 Å². The summed E-state index contributed by atoms with van der Waals surface area (Å²) in [6, 6.07) is 28.6. The number of nitriles is 1. The minimum atomic E-state index is -0.995. The molecule has 1 heterocycles. The van der Waals surface area contributed by atoms with Crippen molar-refractivity contribution in [1.82, 2.24) is 10.3 Å². The van der Waals surface area contributed by atoms with Gasteiger partial charge in [-0.25, -0.2) is 4.39 Å². The molecule has 2 N–H and O–H groups in total. The number of hydrogen-bond acceptors (Lipinski definition) is 5. The molecule has 0 spiro atoms. The smallest absolute Gasteiger partial charge is 0.325 e. The molecule has 1 aliphatic carbocycles. The van der Waals surface area contributed by atoms with Gasteiger partial charge in [0.1, 0.15) is 30.3 Å². The van der Waals surface area contributed by atoms with Gasteiger partial charge in [-0.1, -0.05) is 78.3 Å². The number of carboxylic acid groups (broad SMARTS) is 1. The normalized spacial score (nSPS) is 14.3. The molecule has 1 aliphatic rings. The molecule has 0 saturated heterocycles. The van der Waals surface area contributed by atoms with Crippen LogP contribution in [0.3, 0.4) is 0 Å². The van der Waals surface area contributed by atoms with Crippen molar-refractivity contribution in [2.75, 3.05) is 0 Å². The van der Waals surface area contributed by atoms with Gasteiger partial charge in [-0.05, 0) is 77.3 Å². The van der Waals surface area contributed by atoms with Crippen LogP contribution in [0.5, 0.6) is 5.75 Å². The number of benzene rings is 4. The van der Waals surface area contributed by atoms with Crippen LogP contribution in [-0.2, 0) is 30.8 Å². The van der Waals surface area contributed by atoms with E-state index >= 15 is 0 Å². The summed E-state index contributed by atoms with van der Waals surface area (Å²) in [6.45, 7) is 0.353. The van der Waals surface area contributed by atoms with E-state index < -0.39 is 12.0 Å². The van der Waals surface area contributed by atoms with E-state index in [1.807, 2.05) is 42.5 Å². The summed E-state index contributed by atoms with van der Waals surface area (Å²) in [5.74, 6) is -0.487. The Kier molecular flexibility index (Phi) is 9.39. The average Bonchev–Trinajstić information content (AvgIpc) is 3.49. The maximum atomic E-state index is 14.7. The topological polar surface area (TPSA) is 95.2 Å². The summed E-state index contributed by atoms with van der Waals surface area (Å²) in [7, 11) is 0. The quantitative estimate of drug-likeness (QED) is 0.153. The number of ether oxygens (including phenoxy) is 1. The van der Waals surface area contributed by atoms with Gasteiger partial charge in [0.2, 0.25) is 0 Å². The lowest BCUT2D eigenvalue weighted by Gasteiger charge is -2.20. The van der Waals surface area contributed by atoms with Gasteiger partial charge in [-0.15, -0.1) is 0 Å². The predicted octanol–water partition coefficient (Wildman–Crippen LogP) is 8.18. The molecule has 6 rings (SSSR count). The second-order valence-electron chi connectivity index (χ2n) is 11.4. The van der Waals surface area contributed by atoms with Crippen LogP contribution in [0.15, 0.2) is 103 Å². The van der Waals surface area contributed by atoms with E-state index in [-0.39, 0.29) is 24.9 Å². The van der Waals surface area contributed by atoms with Gasteiger partial charge < -0.3 is 9.84 Å². The van der Waals surface area contributed by atoms with E-state index in [1.54, 1.807) is 42.6 Å². The monoisotopic (exact) mass is 631 g/mol. The van der Waals surface area contributed by atoms with Crippen LogP contribution in [0.2, 0.25) is 5.02 Å². The Morgan fingerprint density at radius 1 is 1.02 bits per heavy atom. The zero-order valence-corrected chi connectivity index (χ0v) is 25.7. The first-order chi connectivity index (χ1) is 22.4. The zero-order valence-electron chi connectivity index (χ0n) is 24.9. The van der Waals surface area contributed by atoms with Crippen molar-refractivity contribution in [3.63, 3.8) is 0 Å². The molecule has 0 unspecified atom stereocenters. The Morgan fingerprint density at radius 2 is 1.80 bits per heavy atom. The fourth-order valence-electron chi connectivity index (χ4n) is 6.21. The van der Waals surface area contributed by atoms with E-state index in [9.17, 15) is 19.6 Å². The van der Waals surface area contributed by atoms with Crippen LogP contribution in [0.1, 0.15) is 57.3 Å². The molecule has 2 atom stereocenters. The van der Waals surface area contributed by atoms with Crippen molar-refractivity contribution in [2.45, 2.75) is 44.4 Å². The highest BCUT2D eigenvalue weighted by atomic mass is 35.5. The first-order valence-corrected chi connectivity index (χ1v) is 15.4. The van der Waals surface area contributed by atoms with E-state index in [0.29, 0.717) is 39.4 Å². The maximum absolute atomic E-state index is 14.7. The molecule has 1 aromatic heterocycles. The summed E-state index contributed by atoms with van der Waals surface area (Å²) in [5.41, 5.74) is 7.28. The second-order valence-corrected chi connectivity index (χ2v) is 11.8. The molecular formula is C38H31ClFN3O3. The molecule has 46 heavy (non-hydrogen) atoms. The highest BCUT2D eigenvalue weighted by Crippen LogP contribution is 2.42. The molecule has 0 aliphatic heterocycles. The fourth-order valence-corrected chi connectivity index (χ4v) is 6.47. The number of rotatable bonds is 11. The Labute approximate surface area is 272 Å². The number of aromatic nitrogens is 1. The number of carbonyl (C=O) groups is 1. The largest absolute Gasteiger partial charge is 0.489 e. The standard InChI is InChI=1S/C38H31ClFN3O3/c39-34-17-29(22-43-37(38(44)45)26-7-2-1-3-8-26)36(46-23-25-15-24(19-41)20-42-21-25)18-28(34)16-27-13-14-32-30(27)10-6-11-31(32)33-9-4-5-12-35(33)40/h1-12,15,17-18,20-21,27,37,43H,13-14,16,22-23H2,(H,44,45)/t27-,37-/m1/s1. The number of carboxylic acids is 1. The van der Waals surface area contributed by atoms with Crippen LogP contribution in [0.25, 0.3) is 11.1 Å². The molecule has 0 saturated carbocycles. The third kappa shape index (κ3) is 6.79. The van der Waals surface area contributed by atoms with Crippen molar-refractivity contribution in [1.29, 1.82) is 5.26 Å². The number of nitrogens with one attached hydrogen (secondary N) is 1. The minimum absolute atomic E-state index is 0.163. The Bertz CT molecular complexity index is 1930. The SMILES string of the molecule is N#Cc1cncc(COc2cc(C[C@H]3CCc4c(-c5ccccc5F)cccc43)c(Cl)cc2CN[C@@H](C(=O)O)c2ccccc2)c1. The van der Waals surface area contributed by atoms with Crippen LogP contribution in [0.4, 0.5) is 4.39 Å². The summed E-state index contributed by atoms with van der Waals surface area (Å²) in [6.07, 6.45) is 5.54. The highest BCUT2D eigenvalue weighted by Gasteiger charge is 2.27. The van der Waals surface area contributed by atoms with Gasteiger partial charge in [0.15, 0.2) is 0 Å². The molecule has 0 radical (unpaired) electrons. The third-order valence-electron chi connectivity index (χ3n) is 8.45. The number of fused-ring (bicyclic) bond motifs is 1. The number of nitrogens with zero attached hydrogens (tertiary/aromatic N) is 2. The van der Waals surface area contributed by atoms with Crippen LogP contribution in [-0.4, -0.2) is 16.1 Å². The van der Waals surface area contributed by atoms with Gasteiger partial charge >= 0.3 is 5.97 Å². The number of aliphatic carboxylic acids is 1. The molecule has 0 fully saturated rings. The van der Waals surface area contributed by atoms with E-state index in [4.69, 9.17) is 16.3 Å². The average molecular weight is 632 g/mol. The van der Waals surface area contributed by atoms with Crippen molar-refractivity contribution in [3.8, 4) is 22.9 Å². The lowest BCUT2D eigenvalue weighted by atomic mass is 9.90. The van der Waals surface area contributed by atoms with Gasteiger partial charge in [0, 0.05) is 40.7 Å². The number of hydrogen-bond donors (Lipinski definition) is 2. The third-order valence-corrected chi connectivity index (χ3v) is 8.80. The number of pyridine rings is 1. The molecular weight excluding hydrogens is 601 g/mol. The molecule has 4 aromatic carbocycles. The Hall–Kier alpha value is -5.03. The lowest BCUT2D eigenvalue weighted by molar-refractivity contribution is -0.139. The zero-order chi connectivity index (χ0) is 32.0. The van der Waals surface area contributed by atoms with Crippen molar-refractivity contribution < 1.29 is 19.0 Å². The second kappa shape index (κ2) is 13.9. The molecule has 230 valence electrons. The molecule has 5 aromatic rings. The minimum Gasteiger partial charge on any atom is -0.489 e. The summed E-state index contributed by atoms with van der Waals surface area (Å²) in [5, 5.41) is 22.9. The number of halogens is 2. The van der Waals surface area contributed by atoms with E-state index in [0.717, 1.165) is 35.1 Å². The molecule has 0 amide bonds. The lowest BCUT2D eigenvalue weighted by Crippen LogP contribution is -2.28. The maximum Gasteiger partial charge on any atom is 0.325 e. The molecule has 0 bridgehead atoms. The molecule has 8 heteroatoms. The van der Waals surface area contributed by atoms with Gasteiger partial charge in [-0.3, -0.25) is 15.1 Å². The Balaban J connectivity index is 1.29. The van der Waals surface area contributed by atoms with Crippen LogP contribution in [0, 0.1) is 17.1 Å². The Morgan fingerprint density at radius 3 is 2.59 bits per heavy atom. The first-order valence-electron chi connectivity index (χ1n) is 15.1. The van der Waals surface area contributed by atoms with Crippen molar-refractivity contribution in [2.24, 2.45) is 0 Å². The molecule has 6 nitrogen and oxygen atoms in total.